The second-order valence-electron chi connectivity index (χ2n) is 4.34. The number of anilines is 1. The minimum Gasteiger partial charge on any atom is -0.399 e. The number of nitrogens with two attached hydrogens (primary N) is 1. The first-order valence-corrected chi connectivity index (χ1v) is 7.58. The molecule has 1 saturated heterocycles. The van der Waals surface area contributed by atoms with Crippen molar-refractivity contribution in [1.82, 2.24) is 10.0 Å². The highest BCUT2D eigenvalue weighted by molar-refractivity contribution is 7.89. The van der Waals surface area contributed by atoms with Crippen LogP contribution in [0.3, 0.4) is 0 Å². The van der Waals surface area contributed by atoms with Crippen molar-refractivity contribution in [1.29, 1.82) is 0 Å². The maximum Gasteiger partial charge on any atom is 0.242 e. The predicted octanol–water partition coefficient (Wildman–Crippen LogP) is 0.479. The fourth-order valence-corrected chi connectivity index (χ4v) is 3.46. The van der Waals surface area contributed by atoms with Crippen molar-refractivity contribution in [3.63, 3.8) is 0 Å². The van der Waals surface area contributed by atoms with Gasteiger partial charge < -0.3 is 11.1 Å². The SMILES string of the molecule is Nc1ccc(Cl)c(S(=O)(=O)NCC2CCC(=O)N2)c1. The second-order valence-corrected chi connectivity index (χ2v) is 6.49. The zero-order chi connectivity index (χ0) is 14.0. The van der Waals surface area contributed by atoms with Crippen molar-refractivity contribution in [2.75, 3.05) is 12.3 Å². The van der Waals surface area contributed by atoms with Crippen LogP contribution in [0.5, 0.6) is 0 Å². The fraction of sp³-hybridized carbons (Fsp3) is 0.364. The summed E-state index contributed by atoms with van der Waals surface area (Å²) in [6.45, 7) is 0.138. The molecular formula is C11H14ClN3O3S. The Morgan fingerprint density at radius 3 is 2.84 bits per heavy atom. The van der Waals surface area contributed by atoms with Crippen LogP contribution in [0.15, 0.2) is 23.1 Å². The monoisotopic (exact) mass is 303 g/mol. The number of nitrogens with one attached hydrogen (secondary N) is 2. The van der Waals surface area contributed by atoms with Crippen molar-refractivity contribution in [2.45, 2.75) is 23.8 Å². The van der Waals surface area contributed by atoms with Gasteiger partial charge in [0.1, 0.15) is 4.90 Å². The van der Waals surface area contributed by atoms with Crippen LogP contribution in [0, 0.1) is 0 Å². The summed E-state index contributed by atoms with van der Waals surface area (Å²) in [7, 11) is -3.73. The molecule has 1 amide bonds. The molecule has 0 saturated carbocycles. The molecular weight excluding hydrogens is 290 g/mol. The topological polar surface area (TPSA) is 101 Å². The van der Waals surface area contributed by atoms with Crippen LogP contribution in [-0.2, 0) is 14.8 Å². The van der Waals surface area contributed by atoms with E-state index in [1.807, 2.05) is 0 Å². The van der Waals surface area contributed by atoms with Gasteiger partial charge in [-0.2, -0.15) is 0 Å². The number of carbonyl (C=O) groups is 1. The average Bonchev–Trinajstić information content (AvgIpc) is 2.76. The normalized spacial score (nSPS) is 19.4. The zero-order valence-electron chi connectivity index (χ0n) is 10.0. The number of benzene rings is 1. The lowest BCUT2D eigenvalue weighted by molar-refractivity contribution is -0.119. The van der Waals surface area contributed by atoms with Gasteiger partial charge in [0.25, 0.3) is 0 Å². The van der Waals surface area contributed by atoms with Crippen LogP contribution < -0.4 is 15.8 Å². The number of nitrogen functional groups attached to an aromatic ring is 1. The summed E-state index contributed by atoms with van der Waals surface area (Å²) < 4.78 is 26.6. The van der Waals surface area contributed by atoms with E-state index in [0.29, 0.717) is 18.5 Å². The number of halogens is 1. The van der Waals surface area contributed by atoms with E-state index < -0.39 is 10.0 Å². The van der Waals surface area contributed by atoms with E-state index in [9.17, 15) is 13.2 Å². The smallest absolute Gasteiger partial charge is 0.242 e. The molecule has 0 aromatic heterocycles. The number of amides is 1. The van der Waals surface area contributed by atoms with Gasteiger partial charge in [-0.05, 0) is 24.6 Å². The van der Waals surface area contributed by atoms with Gasteiger partial charge in [-0.3, -0.25) is 4.79 Å². The van der Waals surface area contributed by atoms with Gasteiger partial charge in [0, 0.05) is 24.7 Å². The van der Waals surface area contributed by atoms with Crippen molar-refractivity contribution in [2.24, 2.45) is 0 Å². The Morgan fingerprint density at radius 1 is 1.47 bits per heavy atom. The molecule has 1 fully saturated rings. The van der Waals surface area contributed by atoms with Crippen LogP contribution in [0.2, 0.25) is 5.02 Å². The molecule has 6 nitrogen and oxygen atoms in total. The van der Waals surface area contributed by atoms with Crippen molar-refractivity contribution >= 4 is 33.2 Å². The molecule has 0 aliphatic carbocycles. The second kappa shape index (κ2) is 5.36. The van der Waals surface area contributed by atoms with E-state index in [-0.39, 0.29) is 28.4 Å². The summed E-state index contributed by atoms with van der Waals surface area (Å²) in [4.78, 5) is 11.0. The van der Waals surface area contributed by atoms with E-state index in [0.717, 1.165) is 0 Å². The maximum atomic E-state index is 12.1. The highest BCUT2D eigenvalue weighted by atomic mass is 35.5. The molecule has 4 N–H and O–H groups in total. The number of carbonyl (C=O) groups excluding carboxylic acids is 1. The van der Waals surface area contributed by atoms with Crippen LogP contribution in [0.1, 0.15) is 12.8 Å². The Balaban J connectivity index is 2.10. The minimum absolute atomic E-state index is 0.0570. The number of rotatable bonds is 4. The molecule has 1 heterocycles. The summed E-state index contributed by atoms with van der Waals surface area (Å²) in [5, 5.41) is 2.79. The van der Waals surface area contributed by atoms with E-state index in [1.54, 1.807) is 0 Å². The van der Waals surface area contributed by atoms with Gasteiger partial charge in [-0.25, -0.2) is 13.1 Å². The minimum atomic E-state index is -3.73. The van der Waals surface area contributed by atoms with E-state index >= 15 is 0 Å². The maximum absolute atomic E-state index is 12.1. The van der Waals surface area contributed by atoms with Crippen molar-refractivity contribution < 1.29 is 13.2 Å². The van der Waals surface area contributed by atoms with Crippen LogP contribution >= 0.6 is 11.6 Å². The zero-order valence-corrected chi connectivity index (χ0v) is 11.6. The summed E-state index contributed by atoms with van der Waals surface area (Å²) >= 11 is 5.85. The van der Waals surface area contributed by atoms with Gasteiger partial charge in [0.05, 0.1) is 5.02 Å². The Bertz CT molecular complexity index is 603. The standard InChI is InChI=1S/C11H14ClN3O3S/c12-9-3-1-7(13)5-10(9)19(17,18)14-6-8-2-4-11(16)15-8/h1,3,5,8,14H,2,4,6,13H2,(H,15,16). The number of hydrogen-bond acceptors (Lipinski definition) is 4. The summed E-state index contributed by atoms with van der Waals surface area (Å²) in [6, 6.07) is 4.08. The first-order valence-electron chi connectivity index (χ1n) is 5.72. The lowest BCUT2D eigenvalue weighted by Gasteiger charge is -2.13. The van der Waals surface area contributed by atoms with E-state index in [4.69, 9.17) is 17.3 Å². The Kier molecular flexibility index (Phi) is 3.98. The van der Waals surface area contributed by atoms with Gasteiger partial charge in [0.15, 0.2) is 0 Å². The quantitative estimate of drug-likeness (QED) is 0.704. The largest absolute Gasteiger partial charge is 0.399 e. The molecule has 19 heavy (non-hydrogen) atoms. The molecule has 1 aliphatic heterocycles. The average molecular weight is 304 g/mol. The predicted molar refractivity (Wildman–Crippen MR) is 72.2 cm³/mol. The first kappa shape index (κ1) is 14.1. The van der Waals surface area contributed by atoms with Gasteiger partial charge in [0.2, 0.25) is 15.9 Å². The lowest BCUT2D eigenvalue weighted by atomic mass is 10.2. The number of hydrogen-bond donors (Lipinski definition) is 3. The molecule has 8 heteroatoms. The molecule has 2 rings (SSSR count). The van der Waals surface area contributed by atoms with Crippen LogP contribution in [0.25, 0.3) is 0 Å². The van der Waals surface area contributed by atoms with Crippen LogP contribution in [-0.4, -0.2) is 26.9 Å². The molecule has 1 aromatic carbocycles. The highest BCUT2D eigenvalue weighted by Gasteiger charge is 2.24. The third kappa shape index (κ3) is 3.37. The third-order valence-electron chi connectivity index (χ3n) is 2.85. The lowest BCUT2D eigenvalue weighted by Crippen LogP contribution is -2.38. The van der Waals surface area contributed by atoms with Crippen LogP contribution in [0.4, 0.5) is 5.69 Å². The Hall–Kier alpha value is -1.31. The van der Waals surface area contributed by atoms with Gasteiger partial charge in [-0.15, -0.1) is 0 Å². The van der Waals surface area contributed by atoms with Gasteiger partial charge in [-0.1, -0.05) is 11.6 Å². The van der Waals surface area contributed by atoms with Gasteiger partial charge >= 0.3 is 0 Å². The van der Waals surface area contributed by atoms with Crippen molar-refractivity contribution in [3.8, 4) is 0 Å². The summed E-state index contributed by atoms with van der Waals surface area (Å²) in [6.07, 6.45) is 1.04. The van der Waals surface area contributed by atoms with E-state index in [1.165, 1.54) is 18.2 Å². The molecule has 1 aromatic rings. The fourth-order valence-electron chi connectivity index (χ4n) is 1.84. The first-order chi connectivity index (χ1) is 8.88. The summed E-state index contributed by atoms with van der Waals surface area (Å²) in [5.74, 6) is -0.0637. The third-order valence-corrected chi connectivity index (χ3v) is 4.75. The molecule has 1 aliphatic rings. The highest BCUT2D eigenvalue weighted by Crippen LogP contribution is 2.23. The molecule has 0 bridgehead atoms. The molecule has 0 spiro atoms. The molecule has 1 atom stereocenters. The number of sulfonamides is 1. The Labute approximate surface area is 116 Å². The Morgan fingerprint density at radius 2 is 2.21 bits per heavy atom. The molecule has 104 valence electrons. The van der Waals surface area contributed by atoms with Crippen molar-refractivity contribution in [3.05, 3.63) is 23.2 Å². The molecule has 1 unspecified atom stereocenters. The van der Waals surface area contributed by atoms with E-state index in [2.05, 4.69) is 10.0 Å². The molecule has 0 radical (unpaired) electrons. The summed E-state index contributed by atoms with van der Waals surface area (Å²) in [5.41, 5.74) is 5.87.